The van der Waals surface area contributed by atoms with Crippen molar-refractivity contribution in [3.63, 3.8) is 0 Å². The minimum atomic E-state index is -0.198. The van der Waals surface area contributed by atoms with Gasteiger partial charge in [-0.05, 0) is 30.8 Å². The molecule has 0 aromatic carbocycles. The maximum absolute atomic E-state index is 10.5. The lowest BCUT2D eigenvalue weighted by molar-refractivity contribution is -0.139. The van der Waals surface area contributed by atoms with E-state index in [0.29, 0.717) is 6.61 Å². The predicted octanol–water partition coefficient (Wildman–Crippen LogP) is 2.54. The van der Waals surface area contributed by atoms with E-state index in [4.69, 9.17) is 4.74 Å². The smallest absolute Gasteiger partial charge is 0.302 e. The summed E-state index contributed by atoms with van der Waals surface area (Å²) in [5, 5.41) is 0. The second kappa shape index (κ2) is 4.45. The van der Waals surface area contributed by atoms with E-state index in [2.05, 4.69) is 19.9 Å². The first-order valence-electron chi connectivity index (χ1n) is 4.91. The van der Waals surface area contributed by atoms with Crippen molar-refractivity contribution >= 4 is 5.97 Å². The average molecular weight is 182 g/mol. The van der Waals surface area contributed by atoms with E-state index < -0.39 is 0 Å². The standard InChI is InChI=1S/C11H18O2/c1-8-6-11(7-9(8)2)4-5-13-10(3)12/h4,8-9H,5-7H2,1-3H3. The Bertz CT molecular complexity index is 206. The first-order chi connectivity index (χ1) is 6.09. The number of ether oxygens (including phenoxy) is 1. The molecule has 2 unspecified atom stereocenters. The Hall–Kier alpha value is -0.790. The van der Waals surface area contributed by atoms with E-state index in [-0.39, 0.29) is 5.97 Å². The second-order valence-corrected chi connectivity index (χ2v) is 4.03. The number of allylic oxidation sites excluding steroid dienone is 1. The van der Waals surface area contributed by atoms with Crippen molar-refractivity contribution in [2.45, 2.75) is 33.6 Å². The maximum atomic E-state index is 10.5. The van der Waals surface area contributed by atoms with Gasteiger partial charge in [0.05, 0.1) is 0 Å². The monoisotopic (exact) mass is 182 g/mol. The molecular formula is C11H18O2. The van der Waals surface area contributed by atoms with Crippen LogP contribution in [0, 0.1) is 11.8 Å². The van der Waals surface area contributed by atoms with Crippen LogP contribution in [-0.2, 0) is 9.53 Å². The topological polar surface area (TPSA) is 26.3 Å². The Morgan fingerprint density at radius 2 is 2.00 bits per heavy atom. The highest BCUT2D eigenvalue weighted by molar-refractivity contribution is 5.66. The summed E-state index contributed by atoms with van der Waals surface area (Å²) in [6, 6.07) is 0. The van der Waals surface area contributed by atoms with Gasteiger partial charge in [-0.25, -0.2) is 0 Å². The van der Waals surface area contributed by atoms with E-state index in [1.807, 2.05) is 0 Å². The molecule has 2 atom stereocenters. The van der Waals surface area contributed by atoms with Crippen molar-refractivity contribution in [3.05, 3.63) is 11.6 Å². The highest BCUT2D eigenvalue weighted by atomic mass is 16.5. The molecule has 0 aromatic heterocycles. The number of carbonyl (C=O) groups is 1. The van der Waals surface area contributed by atoms with Gasteiger partial charge >= 0.3 is 5.97 Å². The molecule has 0 spiro atoms. The summed E-state index contributed by atoms with van der Waals surface area (Å²) in [7, 11) is 0. The van der Waals surface area contributed by atoms with Crippen molar-refractivity contribution in [1.29, 1.82) is 0 Å². The molecule has 1 rings (SSSR count). The Labute approximate surface area is 80.0 Å². The van der Waals surface area contributed by atoms with Gasteiger partial charge < -0.3 is 4.74 Å². The van der Waals surface area contributed by atoms with Crippen LogP contribution in [0.4, 0.5) is 0 Å². The number of rotatable bonds is 2. The van der Waals surface area contributed by atoms with Gasteiger partial charge in [0.25, 0.3) is 0 Å². The summed E-state index contributed by atoms with van der Waals surface area (Å²) >= 11 is 0. The average Bonchev–Trinajstić information content (AvgIpc) is 2.30. The lowest BCUT2D eigenvalue weighted by atomic mass is 10.0. The van der Waals surface area contributed by atoms with Gasteiger partial charge in [0, 0.05) is 6.92 Å². The van der Waals surface area contributed by atoms with Crippen LogP contribution in [0.5, 0.6) is 0 Å². The van der Waals surface area contributed by atoms with Gasteiger partial charge in [-0.1, -0.05) is 19.4 Å². The molecule has 0 N–H and O–H groups in total. The van der Waals surface area contributed by atoms with Gasteiger partial charge in [0.1, 0.15) is 6.61 Å². The highest BCUT2D eigenvalue weighted by Crippen LogP contribution is 2.34. The quantitative estimate of drug-likeness (QED) is 0.484. The van der Waals surface area contributed by atoms with Gasteiger partial charge in [0.2, 0.25) is 0 Å². The van der Waals surface area contributed by atoms with Crippen LogP contribution in [0.3, 0.4) is 0 Å². The molecule has 0 bridgehead atoms. The van der Waals surface area contributed by atoms with Crippen LogP contribution in [-0.4, -0.2) is 12.6 Å². The van der Waals surface area contributed by atoms with Crippen LogP contribution in [0.2, 0.25) is 0 Å². The molecule has 0 saturated heterocycles. The van der Waals surface area contributed by atoms with Crippen LogP contribution in [0.15, 0.2) is 11.6 Å². The maximum Gasteiger partial charge on any atom is 0.302 e. The van der Waals surface area contributed by atoms with E-state index >= 15 is 0 Å². The zero-order chi connectivity index (χ0) is 9.84. The normalized spacial score (nSPS) is 27.5. The zero-order valence-electron chi connectivity index (χ0n) is 8.67. The highest BCUT2D eigenvalue weighted by Gasteiger charge is 2.22. The third-order valence-corrected chi connectivity index (χ3v) is 2.80. The van der Waals surface area contributed by atoms with E-state index in [0.717, 1.165) is 11.8 Å². The van der Waals surface area contributed by atoms with Crippen LogP contribution in [0.1, 0.15) is 33.6 Å². The Morgan fingerprint density at radius 3 is 2.46 bits per heavy atom. The summed E-state index contributed by atoms with van der Waals surface area (Å²) in [5.41, 5.74) is 1.45. The van der Waals surface area contributed by atoms with Crippen molar-refractivity contribution in [3.8, 4) is 0 Å². The van der Waals surface area contributed by atoms with Crippen molar-refractivity contribution < 1.29 is 9.53 Å². The van der Waals surface area contributed by atoms with Gasteiger partial charge in [0.15, 0.2) is 0 Å². The van der Waals surface area contributed by atoms with E-state index in [9.17, 15) is 4.79 Å². The molecule has 2 heteroatoms. The lowest BCUT2D eigenvalue weighted by Crippen LogP contribution is -1.98. The fourth-order valence-electron chi connectivity index (χ4n) is 1.76. The molecule has 0 aromatic rings. The summed E-state index contributed by atoms with van der Waals surface area (Å²) < 4.78 is 4.86. The minimum Gasteiger partial charge on any atom is -0.462 e. The van der Waals surface area contributed by atoms with Gasteiger partial charge in [-0.2, -0.15) is 0 Å². The molecule has 2 nitrogen and oxygen atoms in total. The zero-order valence-corrected chi connectivity index (χ0v) is 8.67. The first-order valence-corrected chi connectivity index (χ1v) is 4.91. The predicted molar refractivity (Wildman–Crippen MR) is 52.3 cm³/mol. The molecular weight excluding hydrogens is 164 g/mol. The summed E-state index contributed by atoms with van der Waals surface area (Å²) in [6.07, 6.45) is 4.40. The first kappa shape index (κ1) is 10.3. The SMILES string of the molecule is CC(=O)OCC=C1CC(C)C(C)C1. The molecule has 1 saturated carbocycles. The number of hydrogen-bond donors (Lipinski definition) is 0. The molecule has 0 amide bonds. The number of carbonyl (C=O) groups excluding carboxylic acids is 1. The van der Waals surface area contributed by atoms with Gasteiger partial charge in [-0.15, -0.1) is 0 Å². The van der Waals surface area contributed by atoms with Crippen molar-refractivity contribution in [1.82, 2.24) is 0 Å². The van der Waals surface area contributed by atoms with Crippen LogP contribution >= 0.6 is 0 Å². The largest absolute Gasteiger partial charge is 0.462 e. The third kappa shape index (κ3) is 3.21. The fraction of sp³-hybridized carbons (Fsp3) is 0.727. The summed E-state index contributed by atoms with van der Waals surface area (Å²) in [6.45, 7) is 6.44. The molecule has 13 heavy (non-hydrogen) atoms. The van der Waals surface area contributed by atoms with E-state index in [1.54, 1.807) is 0 Å². The summed E-state index contributed by atoms with van der Waals surface area (Å²) in [4.78, 5) is 10.5. The van der Waals surface area contributed by atoms with Gasteiger partial charge in [-0.3, -0.25) is 4.79 Å². The second-order valence-electron chi connectivity index (χ2n) is 4.03. The molecule has 1 fully saturated rings. The molecule has 0 aliphatic heterocycles. The molecule has 74 valence electrons. The Morgan fingerprint density at radius 1 is 1.46 bits per heavy atom. The van der Waals surface area contributed by atoms with E-state index in [1.165, 1.54) is 25.3 Å². The minimum absolute atomic E-state index is 0.198. The van der Waals surface area contributed by atoms with Crippen molar-refractivity contribution in [2.24, 2.45) is 11.8 Å². The van der Waals surface area contributed by atoms with Crippen LogP contribution in [0.25, 0.3) is 0 Å². The Balaban J connectivity index is 2.33. The fourth-order valence-corrected chi connectivity index (χ4v) is 1.76. The summed E-state index contributed by atoms with van der Waals surface area (Å²) in [5.74, 6) is 1.36. The number of hydrogen-bond acceptors (Lipinski definition) is 2. The molecule has 0 radical (unpaired) electrons. The molecule has 1 aliphatic carbocycles. The number of esters is 1. The Kier molecular flexibility index (Phi) is 3.52. The third-order valence-electron chi connectivity index (χ3n) is 2.80. The lowest BCUT2D eigenvalue weighted by Gasteiger charge is -2.04. The molecule has 1 aliphatic rings. The molecule has 0 heterocycles. The van der Waals surface area contributed by atoms with Crippen molar-refractivity contribution in [2.75, 3.05) is 6.61 Å². The van der Waals surface area contributed by atoms with Crippen LogP contribution < -0.4 is 0 Å².